The van der Waals surface area contributed by atoms with E-state index in [9.17, 15) is 12.8 Å². The number of nitrogens with one attached hydrogen (secondary N) is 1. The van der Waals surface area contributed by atoms with Crippen LogP contribution in [0.5, 0.6) is 0 Å². The third-order valence-corrected chi connectivity index (χ3v) is 6.17. The lowest BCUT2D eigenvalue weighted by atomic mass is 10.0. The molecule has 0 saturated carbocycles. The third kappa shape index (κ3) is 4.07. The molecule has 7 heteroatoms. The van der Waals surface area contributed by atoms with Gasteiger partial charge in [0.05, 0.1) is 12.6 Å². The summed E-state index contributed by atoms with van der Waals surface area (Å²) >= 11 is 0. The van der Waals surface area contributed by atoms with E-state index in [1.165, 1.54) is 11.1 Å². The van der Waals surface area contributed by atoms with Gasteiger partial charge in [-0.05, 0) is 18.1 Å². The van der Waals surface area contributed by atoms with Crippen LogP contribution in [-0.4, -0.2) is 38.9 Å². The van der Waals surface area contributed by atoms with Crippen LogP contribution in [0, 0.1) is 5.82 Å². The number of benzene rings is 2. The summed E-state index contributed by atoms with van der Waals surface area (Å²) < 4.78 is 42.2. The van der Waals surface area contributed by atoms with E-state index in [4.69, 9.17) is 4.84 Å². The molecule has 1 aliphatic heterocycles. The van der Waals surface area contributed by atoms with Crippen LogP contribution in [0.25, 0.3) is 0 Å². The van der Waals surface area contributed by atoms with Crippen LogP contribution in [0.4, 0.5) is 4.39 Å². The van der Waals surface area contributed by atoms with E-state index in [1.54, 1.807) is 25.2 Å². The van der Waals surface area contributed by atoms with Gasteiger partial charge in [0.15, 0.2) is 0 Å². The molecule has 5 nitrogen and oxygen atoms in total. The van der Waals surface area contributed by atoms with Gasteiger partial charge in [-0.3, -0.25) is 4.84 Å². The summed E-state index contributed by atoms with van der Waals surface area (Å²) in [5, 5.41) is 0.546. The maximum atomic E-state index is 14.2. The Morgan fingerprint density at radius 3 is 2.56 bits per heavy atom. The minimum absolute atomic E-state index is 0.00380. The molecule has 2 aromatic rings. The minimum Gasteiger partial charge on any atom is -0.297 e. The van der Waals surface area contributed by atoms with Crippen molar-refractivity contribution in [1.29, 1.82) is 0 Å². The van der Waals surface area contributed by atoms with Gasteiger partial charge in [0.25, 0.3) is 0 Å². The van der Waals surface area contributed by atoms with E-state index < -0.39 is 27.1 Å². The monoisotopic (exact) mass is 364 g/mol. The zero-order valence-corrected chi connectivity index (χ0v) is 14.7. The maximum absolute atomic E-state index is 14.2. The topological polar surface area (TPSA) is 58.6 Å². The number of sulfonamides is 1. The molecule has 1 heterocycles. The van der Waals surface area contributed by atoms with Gasteiger partial charge >= 0.3 is 0 Å². The highest BCUT2D eigenvalue weighted by atomic mass is 32.2. The molecule has 1 aliphatic rings. The summed E-state index contributed by atoms with van der Waals surface area (Å²) in [5.74, 6) is -0.436. The summed E-state index contributed by atoms with van der Waals surface area (Å²) in [6, 6.07) is 15.1. The van der Waals surface area contributed by atoms with E-state index in [0.717, 1.165) is 5.56 Å². The molecule has 1 N–H and O–H groups in total. The van der Waals surface area contributed by atoms with Crippen LogP contribution in [-0.2, 0) is 21.3 Å². The Hall–Kier alpha value is -1.80. The molecule has 0 bridgehead atoms. The van der Waals surface area contributed by atoms with Gasteiger partial charge in [-0.15, -0.1) is 0 Å². The zero-order valence-electron chi connectivity index (χ0n) is 13.9. The van der Waals surface area contributed by atoms with Crippen molar-refractivity contribution in [3.05, 3.63) is 71.5 Å². The van der Waals surface area contributed by atoms with Crippen molar-refractivity contribution in [2.45, 2.75) is 17.7 Å². The number of halogens is 1. The summed E-state index contributed by atoms with van der Waals surface area (Å²) in [4.78, 5) is 5.39. The molecular weight excluding hydrogens is 343 g/mol. The predicted molar refractivity (Wildman–Crippen MR) is 93.7 cm³/mol. The molecule has 1 fully saturated rings. The van der Waals surface area contributed by atoms with Crippen molar-refractivity contribution >= 4 is 10.0 Å². The van der Waals surface area contributed by atoms with E-state index in [1.807, 2.05) is 30.3 Å². The molecule has 0 aromatic heterocycles. The van der Waals surface area contributed by atoms with Crippen molar-refractivity contribution in [3.63, 3.8) is 0 Å². The Morgan fingerprint density at radius 1 is 1.16 bits per heavy atom. The Balaban J connectivity index is 1.73. The minimum atomic E-state index is -3.66. The van der Waals surface area contributed by atoms with Crippen LogP contribution in [0.3, 0.4) is 0 Å². The van der Waals surface area contributed by atoms with Crippen molar-refractivity contribution in [2.75, 3.05) is 20.2 Å². The molecule has 0 radical (unpaired) electrons. The van der Waals surface area contributed by atoms with Crippen LogP contribution in [0.15, 0.2) is 54.6 Å². The largest absolute Gasteiger partial charge is 0.297 e. The molecule has 2 aromatic carbocycles. The van der Waals surface area contributed by atoms with Crippen LogP contribution in [0.2, 0.25) is 0 Å². The lowest BCUT2D eigenvalue weighted by molar-refractivity contribution is -0.111. The van der Waals surface area contributed by atoms with Crippen LogP contribution in [0.1, 0.15) is 17.2 Å². The standard InChI is InChI=1S/C18H21FN2O3S/c1-21-18(15-9-5-6-10-16(15)19)17(13-24-21)25(22,23)20-12-11-14-7-3-2-4-8-14/h2-10,17-18,20H,11-13H2,1H3/t17-,18-/m0/s1. The smallest absolute Gasteiger partial charge is 0.218 e. The van der Waals surface area contributed by atoms with Crippen molar-refractivity contribution < 1.29 is 17.6 Å². The van der Waals surface area contributed by atoms with Gasteiger partial charge in [-0.2, -0.15) is 5.06 Å². The first kappa shape index (κ1) is 18.0. The molecule has 134 valence electrons. The molecule has 3 rings (SSSR count). The SMILES string of the molecule is CN1OC[C@H](S(=O)(=O)NCCc2ccccc2)[C@@H]1c1ccccc1F. The number of rotatable bonds is 6. The molecule has 0 aliphatic carbocycles. The van der Waals surface area contributed by atoms with Gasteiger partial charge in [-0.1, -0.05) is 48.5 Å². The first-order valence-electron chi connectivity index (χ1n) is 8.11. The Morgan fingerprint density at radius 2 is 1.84 bits per heavy atom. The summed E-state index contributed by atoms with van der Waals surface area (Å²) in [7, 11) is -2.04. The lowest BCUT2D eigenvalue weighted by Gasteiger charge is -2.23. The average molecular weight is 364 g/mol. The fraction of sp³-hybridized carbons (Fsp3) is 0.333. The number of hydrogen-bond acceptors (Lipinski definition) is 4. The lowest BCUT2D eigenvalue weighted by Crippen LogP contribution is -2.40. The van der Waals surface area contributed by atoms with Crippen LogP contribution >= 0.6 is 0 Å². The van der Waals surface area contributed by atoms with Gasteiger partial charge in [-0.25, -0.2) is 17.5 Å². The Bertz CT molecular complexity index is 814. The Kier molecular flexibility index (Phi) is 5.48. The number of nitrogens with zero attached hydrogens (tertiary/aromatic N) is 1. The number of hydroxylamine groups is 2. The van der Waals surface area contributed by atoms with E-state index in [-0.39, 0.29) is 13.2 Å². The molecule has 0 spiro atoms. The first-order chi connectivity index (χ1) is 12.0. The molecule has 0 unspecified atom stereocenters. The van der Waals surface area contributed by atoms with Gasteiger partial charge < -0.3 is 0 Å². The normalized spacial score (nSPS) is 21.5. The quantitative estimate of drug-likeness (QED) is 0.854. The second-order valence-corrected chi connectivity index (χ2v) is 8.01. The van der Waals surface area contributed by atoms with E-state index >= 15 is 0 Å². The van der Waals surface area contributed by atoms with Crippen molar-refractivity contribution in [1.82, 2.24) is 9.79 Å². The highest BCUT2D eigenvalue weighted by molar-refractivity contribution is 7.90. The van der Waals surface area contributed by atoms with E-state index in [0.29, 0.717) is 12.0 Å². The van der Waals surface area contributed by atoms with Gasteiger partial charge in [0.2, 0.25) is 10.0 Å². The fourth-order valence-corrected chi connectivity index (χ4v) is 4.55. The molecule has 1 saturated heterocycles. The summed E-state index contributed by atoms with van der Waals surface area (Å²) in [6.45, 7) is 0.284. The highest BCUT2D eigenvalue weighted by Crippen LogP contribution is 2.34. The third-order valence-electron chi connectivity index (χ3n) is 4.37. The molecule has 25 heavy (non-hydrogen) atoms. The summed E-state index contributed by atoms with van der Waals surface area (Å²) in [6.07, 6.45) is 0.591. The van der Waals surface area contributed by atoms with Gasteiger partial charge in [0.1, 0.15) is 11.1 Å². The summed E-state index contributed by atoms with van der Waals surface area (Å²) in [5.41, 5.74) is 1.37. The molecule has 2 atom stereocenters. The second-order valence-electron chi connectivity index (χ2n) is 6.02. The molecule has 0 amide bonds. The number of hydrogen-bond donors (Lipinski definition) is 1. The highest BCUT2D eigenvalue weighted by Gasteiger charge is 2.43. The average Bonchev–Trinajstić information content (AvgIpc) is 2.98. The predicted octanol–water partition coefficient (Wildman–Crippen LogP) is 2.27. The van der Waals surface area contributed by atoms with Crippen molar-refractivity contribution in [3.8, 4) is 0 Å². The second kappa shape index (κ2) is 7.61. The molecular formula is C18H21FN2O3S. The fourth-order valence-electron chi connectivity index (χ4n) is 3.06. The maximum Gasteiger partial charge on any atom is 0.218 e. The first-order valence-corrected chi connectivity index (χ1v) is 9.66. The van der Waals surface area contributed by atoms with Crippen molar-refractivity contribution in [2.24, 2.45) is 0 Å². The van der Waals surface area contributed by atoms with Gasteiger partial charge in [0, 0.05) is 19.2 Å². The zero-order chi connectivity index (χ0) is 17.9. The van der Waals surface area contributed by atoms with Crippen LogP contribution < -0.4 is 4.72 Å². The Labute approximate surface area is 147 Å². The van der Waals surface area contributed by atoms with E-state index in [2.05, 4.69) is 4.72 Å².